The standard InChI is InChI=1S/C18H21NO4S/c1-5-23-18(22)16-13(4)19(10-14-7-6-8-24-14)12(3)15(16)9-11(2)17(20)21/h6-9H,5,10H2,1-4H3,(H,20,21)/b11-9+. The van der Waals surface area contributed by atoms with Crippen LogP contribution in [0.25, 0.3) is 6.08 Å². The number of aromatic nitrogens is 1. The normalized spacial score (nSPS) is 11.6. The number of ether oxygens (including phenoxy) is 1. The van der Waals surface area contributed by atoms with Crippen molar-refractivity contribution in [2.45, 2.75) is 34.2 Å². The number of carbonyl (C=O) groups is 2. The lowest BCUT2D eigenvalue weighted by Crippen LogP contribution is -2.08. The summed E-state index contributed by atoms with van der Waals surface area (Å²) >= 11 is 1.64. The molecule has 2 heterocycles. The Labute approximate surface area is 145 Å². The van der Waals surface area contributed by atoms with Gasteiger partial charge in [0.05, 0.1) is 18.7 Å². The van der Waals surface area contributed by atoms with Gasteiger partial charge in [0.1, 0.15) is 0 Å². The molecule has 0 amide bonds. The number of carbonyl (C=O) groups excluding carboxylic acids is 1. The molecule has 0 atom stereocenters. The molecule has 2 aromatic rings. The van der Waals surface area contributed by atoms with E-state index in [0.717, 1.165) is 16.3 Å². The maximum Gasteiger partial charge on any atom is 0.340 e. The lowest BCUT2D eigenvalue weighted by Gasteiger charge is -2.08. The molecule has 1 N–H and O–H groups in total. The Balaban J connectivity index is 2.60. The molecule has 2 aromatic heterocycles. The van der Waals surface area contributed by atoms with E-state index in [1.54, 1.807) is 24.3 Å². The molecule has 128 valence electrons. The third kappa shape index (κ3) is 3.59. The molecule has 0 aromatic carbocycles. The fourth-order valence-electron chi connectivity index (χ4n) is 2.62. The molecular weight excluding hydrogens is 326 g/mol. The van der Waals surface area contributed by atoms with Crippen molar-refractivity contribution < 1.29 is 19.4 Å². The fraction of sp³-hybridized carbons (Fsp3) is 0.333. The lowest BCUT2D eigenvalue weighted by molar-refractivity contribution is -0.132. The van der Waals surface area contributed by atoms with Gasteiger partial charge in [0, 0.05) is 27.4 Å². The molecular formula is C18H21NO4S. The van der Waals surface area contributed by atoms with Crippen LogP contribution in [-0.4, -0.2) is 28.2 Å². The summed E-state index contributed by atoms with van der Waals surface area (Å²) in [6.45, 7) is 7.93. The molecule has 0 unspecified atom stereocenters. The Morgan fingerprint density at radius 1 is 1.33 bits per heavy atom. The van der Waals surface area contributed by atoms with Gasteiger partial charge < -0.3 is 14.4 Å². The summed E-state index contributed by atoms with van der Waals surface area (Å²) in [6, 6.07) is 4.02. The average molecular weight is 347 g/mol. The van der Waals surface area contributed by atoms with Crippen molar-refractivity contribution in [2.75, 3.05) is 6.61 Å². The summed E-state index contributed by atoms with van der Waals surface area (Å²) in [6.07, 6.45) is 1.54. The van der Waals surface area contributed by atoms with E-state index >= 15 is 0 Å². The first-order chi connectivity index (χ1) is 11.4. The highest BCUT2D eigenvalue weighted by Gasteiger charge is 2.23. The van der Waals surface area contributed by atoms with Crippen molar-refractivity contribution in [3.8, 4) is 0 Å². The molecule has 0 aliphatic carbocycles. The number of carboxylic acid groups (broad SMARTS) is 1. The van der Waals surface area contributed by atoms with Gasteiger partial charge in [-0.3, -0.25) is 0 Å². The van der Waals surface area contributed by atoms with Crippen LogP contribution in [0, 0.1) is 13.8 Å². The smallest absolute Gasteiger partial charge is 0.340 e. The molecule has 6 heteroatoms. The number of thiophene rings is 1. The minimum absolute atomic E-state index is 0.178. The van der Waals surface area contributed by atoms with Gasteiger partial charge in [-0.1, -0.05) is 6.07 Å². The highest BCUT2D eigenvalue weighted by atomic mass is 32.1. The molecule has 0 aliphatic rings. The lowest BCUT2D eigenvalue weighted by atomic mass is 10.1. The molecule has 0 aliphatic heterocycles. The van der Waals surface area contributed by atoms with Crippen LogP contribution in [0.4, 0.5) is 0 Å². The van der Waals surface area contributed by atoms with Gasteiger partial charge >= 0.3 is 11.9 Å². The van der Waals surface area contributed by atoms with Crippen molar-refractivity contribution >= 4 is 29.4 Å². The Kier molecular flexibility index (Phi) is 5.62. The van der Waals surface area contributed by atoms with Gasteiger partial charge in [-0.25, -0.2) is 9.59 Å². The highest BCUT2D eigenvalue weighted by Crippen LogP contribution is 2.27. The topological polar surface area (TPSA) is 68.5 Å². The van der Waals surface area contributed by atoms with E-state index in [2.05, 4.69) is 0 Å². The van der Waals surface area contributed by atoms with Gasteiger partial charge in [-0.05, 0) is 45.2 Å². The molecule has 0 bridgehead atoms. The van der Waals surface area contributed by atoms with Crippen LogP contribution in [0.15, 0.2) is 23.1 Å². The minimum atomic E-state index is -1.01. The first-order valence-corrected chi connectivity index (χ1v) is 8.55. The summed E-state index contributed by atoms with van der Waals surface area (Å²) in [5.74, 6) is -1.43. The third-order valence-corrected chi connectivity index (χ3v) is 4.76. The van der Waals surface area contributed by atoms with Crippen LogP contribution in [0.2, 0.25) is 0 Å². The number of nitrogens with zero attached hydrogens (tertiary/aromatic N) is 1. The average Bonchev–Trinajstić information content (AvgIpc) is 3.10. The van der Waals surface area contributed by atoms with E-state index in [4.69, 9.17) is 9.84 Å². The molecule has 0 saturated carbocycles. The Morgan fingerprint density at radius 3 is 2.58 bits per heavy atom. The molecule has 0 saturated heterocycles. The van der Waals surface area contributed by atoms with Gasteiger partial charge in [-0.15, -0.1) is 11.3 Å². The van der Waals surface area contributed by atoms with E-state index in [9.17, 15) is 9.59 Å². The maximum absolute atomic E-state index is 12.4. The minimum Gasteiger partial charge on any atom is -0.478 e. The summed E-state index contributed by atoms with van der Waals surface area (Å²) in [4.78, 5) is 24.7. The van der Waals surface area contributed by atoms with Gasteiger partial charge in [0.25, 0.3) is 0 Å². The zero-order valence-corrected chi connectivity index (χ0v) is 15.1. The number of rotatable bonds is 6. The summed E-state index contributed by atoms with van der Waals surface area (Å²) in [5, 5.41) is 11.2. The SMILES string of the molecule is CCOC(=O)c1c(/C=C(\C)C(=O)O)c(C)n(Cc2cccs2)c1C. The highest BCUT2D eigenvalue weighted by molar-refractivity contribution is 7.09. The van der Waals surface area contributed by atoms with Crippen LogP contribution in [0.5, 0.6) is 0 Å². The quantitative estimate of drug-likeness (QED) is 0.636. The molecule has 24 heavy (non-hydrogen) atoms. The third-order valence-electron chi connectivity index (χ3n) is 3.90. The Morgan fingerprint density at radius 2 is 2.04 bits per heavy atom. The van der Waals surface area contributed by atoms with Gasteiger partial charge in [0.15, 0.2) is 0 Å². The maximum atomic E-state index is 12.4. The van der Waals surface area contributed by atoms with E-state index in [0.29, 0.717) is 17.7 Å². The van der Waals surface area contributed by atoms with Gasteiger partial charge in [-0.2, -0.15) is 0 Å². The summed E-state index contributed by atoms with van der Waals surface area (Å²) in [7, 11) is 0. The van der Waals surface area contributed by atoms with Crippen LogP contribution in [0.3, 0.4) is 0 Å². The van der Waals surface area contributed by atoms with Crippen molar-refractivity contribution in [3.05, 3.63) is 50.5 Å². The van der Waals surface area contributed by atoms with Crippen molar-refractivity contribution in [2.24, 2.45) is 0 Å². The van der Waals surface area contributed by atoms with Crippen LogP contribution >= 0.6 is 11.3 Å². The van der Waals surface area contributed by atoms with E-state index in [-0.39, 0.29) is 12.2 Å². The van der Waals surface area contributed by atoms with Gasteiger partial charge in [0.2, 0.25) is 0 Å². The number of esters is 1. The zero-order valence-electron chi connectivity index (χ0n) is 14.3. The van der Waals surface area contributed by atoms with Crippen LogP contribution in [0.1, 0.15) is 46.0 Å². The van der Waals surface area contributed by atoms with E-state index in [1.807, 2.05) is 35.9 Å². The zero-order chi connectivity index (χ0) is 17.9. The second kappa shape index (κ2) is 7.49. The van der Waals surface area contributed by atoms with Crippen molar-refractivity contribution in [1.82, 2.24) is 4.57 Å². The molecule has 0 fully saturated rings. The number of aliphatic carboxylic acids is 1. The number of hydrogen-bond acceptors (Lipinski definition) is 4. The Hall–Kier alpha value is -2.34. The fourth-order valence-corrected chi connectivity index (χ4v) is 3.31. The van der Waals surface area contributed by atoms with Crippen molar-refractivity contribution in [3.63, 3.8) is 0 Å². The summed E-state index contributed by atoms with van der Waals surface area (Å²) < 4.78 is 7.20. The molecule has 0 radical (unpaired) electrons. The monoisotopic (exact) mass is 347 g/mol. The number of carboxylic acids is 1. The Bertz CT molecular complexity index is 785. The predicted molar refractivity (Wildman–Crippen MR) is 94.6 cm³/mol. The second-order valence-electron chi connectivity index (χ2n) is 5.48. The largest absolute Gasteiger partial charge is 0.478 e. The summed E-state index contributed by atoms with van der Waals surface area (Å²) in [5.41, 5.74) is 2.86. The molecule has 5 nitrogen and oxygen atoms in total. The second-order valence-corrected chi connectivity index (χ2v) is 6.51. The first kappa shape index (κ1) is 18.0. The predicted octanol–water partition coefficient (Wildman–Crippen LogP) is 3.88. The van der Waals surface area contributed by atoms with Crippen LogP contribution in [-0.2, 0) is 16.1 Å². The number of hydrogen-bond donors (Lipinski definition) is 1. The molecule has 0 spiro atoms. The van der Waals surface area contributed by atoms with E-state index in [1.165, 1.54) is 6.92 Å². The van der Waals surface area contributed by atoms with Crippen molar-refractivity contribution in [1.29, 1.82) is 0 Å². The first-order valence-electron chi connectivity index (χ1n) is 7.67. The van der Waals surface area contributed by atoms with E-state index < -0.39 is 11.9 Å². The van der Waals surface area contributed by atoms with Crippen LogP contribution < -0.4 is 0 Å². The molecule has 2 rings (SSSR count).